The standard InChI is InChI=1S/C12H12N2O3/c15-12(13-10-3-1-2-4-10)9-5-7-11(8-6-9)14(16)17/h1,3,5-8,10H,2,4H2,(H,13,15)/t10-/m1/s1. The fraction of sp³-hybridized carbons (Fsp3) is 0.250. The number of allylic oxidation sites excluding steroid dienone is 1. The van der Waals surface area contributed by atoms with E-state index in [-0.39, 0.29) is 17.6 Å². The lowest BCUT2D eigenvalue weighted by molar-refractivity contribution is -0.384. The second-order valence-corrected chi connectivity index (χ2v) is 3.89. The van der Waals surface area contributed by atoms with Gasteiger partial charge in [-0.2, -0.15) is 0 Å². The molecule has 0 unspecified atom stereocenters. The average Bonchev–Trinajstić information content (AvgIpc) is 2.82. The molecule has 0 spiro atoms. The quantitative estimate of drug-likeness (QED) is 0.492. The number of amides is 1. The maximum Gasteiger partial charge on any atom is 0.269 e. The molecule has 2 rings (SSSR count). The van der Waals surface area contributed by atoms with E-state index in [1.54, 1.807) is 0 Å². The molecule has 1 N–H and O–H groups in total. The summed E-state index contributed by atoms with van der Waals surface area (Å²) in [6, 6.07) is 5.68. The Labute approximate surface area is 98.3 Å². The van der Waals surface area contributed by atoms with Crippen LogP contribution in [0.15, 0.2) is 36.4 Å². The Kier molecular flexibility index (Phi) is 3.18. The third-order valence-corrected chi connectivity index (χ3v) is 2.67. The van der Waals surface area contributed by atoms with E-state index in [9.17, 15) is 14.9 Å². The lowest BCUT2D eigenvalue weighted by atomic mass is 10.1. The van der Waals surface area contributed by atoms with Crippen LogP contribution in [0.1, 0.15) is 23.2 Å². The number of carbonyl (C=O) groups is 1. The number of nitrogens with one attached hydrogen (secondary N) is 1. The van der Waals surface area contributed by atoms with E-state index in [4.69, 9.17) is 0 Å². The highest BCUT2D eigenvalue weighted by Crippen LogP contribution is 2.13. The van der Waals surface area contributed by atoms with E-state index in [2.05, 4.69) is 5.32 Å². The monoisotopic (exact) mass is 232 g/mol. The van der Waals surface area contributed by atoms with Crippen LogP contribution in [0.3, 0.4) is 0 Å². The minimum atomic E-state index is -0.485. The summed E-state index contributed by atoms with van der Waals surface area (Å²) in [6.45, 7) is 0. The third kappa shape index (κ3) is 2.69. The second-order valence-electron chi connectivity index (χ2n) is 3.89. The van der Waals surface area contributed by atoms with E-state index >= 15 is 0 Å². The average molecular weight is 232 g/mol. The van der Waals surface area contributed by atoms with Crippen molar-refractivity contribution in [2.45, 2.75) is 18.9 Å². The van der Waals surface area contributed by atoms with Gasteiger partial charge in [-0.3, -0.25) is 14.9 Å². The van der Waals surface area contributed by atoms with Gasteiger partial charge in [0.15, 0.2) is 0 Å². The van der Waals surface area contributed by atoms with Gasteiger partial charge in [-0.15, -0.1) is 0 Å². The molecule has 5 heteroatoms. The third-order valence-electron chi connectivity index (χ3n) is 2.67. The topological polar surface area (TPSA) is 72.2 Å². The van der Waals surface area contributed by atoms with Gasteiger partial charge in [-0.1, -0.05) is 12.2 Å². The fourth-order valence-electron chi connectivity index (χ4n) is 1.74. The van der Waals surface area contributed by atoms with Crippen LogP contribution < -0.4 is 5.32 Å². The molecule has 0 bridgehead atoms. The first-order valence-electron chi connectivity index (χ1n) is 5.39. The van der Waals surface area contributed by atoms with E-state index in [1.807, 2.05) is 12.2 Å². The summed E-state index contributed by atoms with van der Waals surface area (Å²) in [5.41, 5.74) is 0.429. The van der Waals surface area contributed by atoms with Crippen LogP contribution in [-0.2, 0) is 0 Å². The lowest BCUT2D eigenvalue weighted by Gasteiger charge is -2.10. The summed E-state index contributed by atoms with van der Waals surface area (Å²) < 4.78 is 0. The molecule has 0 aromatic heterocycles. The molecule has 1 amide bonds. The highest BCUT2D eigenvalue weighted by Gasteiger charge is 2.14. The number of carbonyl (C=O) groups excluding carboxylic acids is 1. The van der Waals surface area contributed by atoms with Crippen molar-refractivity contribution in [1.29, 1.82) is 0 Å². The van der Waals surface area contributed by atoms with Crippen LogP contribution in [0.4, 0.5) is 5.69 Å². The molecule has 17 heavy (non-hydrogen) atoms. The van der Waals surface area contributed by atoms with Crippen molar-refractivity contribution in [3.05, 3.63) is 52.1 Å². The Morgan fingerprint density at radius 2 is 2.06 bits per heavy atom. The molecule has 1 atom stereocenters. The molecule has 1 aliphatic rings. The highest BCUT2D eigenvalue weighted by atomic mass is 16.6. The van der Waals surface area contributed by atoms with Crippen LogP contribution in [0.2, 0.25) is 0 Å². The molecule has 0 saturated heterocycles. The van der Waals surface area contributed by atoms with Gasteiger partial charge in [0.1, 0.15) is 0 Å². The number of hydrogen-bond donors (Lipinski definition) is 1. The summed E-state index contributed by atoms with van der Waals surface area (Å²) in [5, 5.41) is 13.3. The van der Waals surface area contributed by atoms with Gasteiger partial charge in [0.05, 0.1) is 4.92 Å². The number of benzene rings is 1. The van der Waals surface area contributed by atoms with Gasteiger partial charge in [0.25, 0.3) is 11.6 Å². The van der Waals surface area contributed by atoms with Crippen molar-refractivity contribution in [3.63, 3.8) is 0 Å². The van der Waals surface area contributed by atoms with Crippen molar-refractivity contribution in [3.8, 4) is 0 Å². The molecule has 0 radical (unpaired) electrons. The summed E-state index contributed by atoms with van der Waals surface area (Å²) in [4.78, 5) is 21.7. The molecule has 0 saturated carbocycles. The van der Waals surface area contributed by atoms with Gasteiger partial charge in [0.2, 0.25) is 0 Å². The van der Waals surface area contributed by atoms with Gasteiger partial charge >= 0.3 is 0 Å². The minimum Gasteiger partial charge on any atom is -0.346 e. The molecular weight excluding hydrogens is 220 g/mol. The zero-order valence-electron chi connectivity index (χ0n) is 9.13. The summed E-state index contributed by atoms with van der Waals surface area (Å²) >= 11 is 0. The fourth-order valence-corrected chi connectivity index (χ4v) is 1.74. The first-order valence-corrected chi connectivity index (χ1v) is 5.39. The highest BCUT2D eigenvalue weighted by molar-refractivity contribution is 5.94. The van der Waals surface area contributed by atoms with Crippen LogP contribution in [-0.4, -0.2) is 16.9 Å². The summed E-state index contributed by atoms with van der Waals surface area (Å²) in [5.74, 6) is -0.198. The van der Waals surface area contributed by atoms with E-state index < -0.39 is 4.92 Å². The Bertz CT molecular complexity index is 465. The van der Waals surface area contributed by atoms with E-state index in [1.165, 1.54) is 24.3 Å². The molecule has 0 heterocycles. The number of non-ortho nitro benzene ring substituents is 1. The number of nitro benzene ring substituents is 1. The van der Waals surface area contributed by atoms with Gasteiger partial charge < -0.3 is 5.32 Å². The number of hydrogen-bond acceptors (Lipinski definition) is 3. The van der Waals surface area contributed by atoms with Crippen LogP contribution in [0, 0.1) is 10.1 Å². The zero-order chi connectivity index (χ0) is 12.3. The van der Waals surface area contributed by atoms with Crippen LogP contribution >= 0.6 is 0 Å². The van der Waals surface area contributed by atoms with Crippen LogP contribution in [0.5, 0.6) is 0 Å². The Morgan fingerprint density at radius 3 is 2.59 bits per heavy atom. The molecule has 1 aliphatic carbocycles. The number of nitrogens with zero attached hydrogens (tertiary/aromatic N) is 1. The molecule has 1 aromatic rings. The smallest absolute Gasteiger partial charge is 0.269 e. The minimum absolute atomic E-state index is 0.0117. The second kappa shape index (κ2) is 4.78. The van der Waals surface area contributed by atoms with Gasteiger partial charge in [-0.25, -0.2) is 0 Å². The number of rotatable bonds is 3. The molecule has 5 nitrogen and oxygen atoms in total. The Hall–Kier alpha value is -2.17. The first kappa shape index (κ1) is 11.3. The van der Waals surface area contributed by atoms with Crippen molar-refractivity contribution in [2.24, 2.45) is 0 Å². The van der Waals surface area contributed by atoms with Crippen LogP contribution in [0.25, 0.3) is 0 Å². The van der Waals surface area contributed by atoms with Crippen molar-refractivity contribution in [1.82, 2.24) is 5.32 Å². The molecular formula is C12H12N2O3. The number of nitro groups is 1. The van der Waals surface area contributed by atoms with Crippen molar-refractivity contribution >= 4 is 11.6 Å². The predicted molar refractivity (Wildman–Crippen MR) is 62.7 cm³/mol. The summed E-state index contributed by atoms with van der Waals surface area (Å²) in [6.07, 6.45) is 5.88. The zero-order valence-corrected chi connectivity index (χ0v) is 9.13. The predicted octanol–water partition coefficient (Wildman–Crippen LogP) is 2.04. The maximum atomic E-state index is 11.8. The first-order chi connectivity index (χ1) is 8.16. The summed E-state index contributed by atoms with van der Waals surface area (Å²) in [7, 11) is 0. The molecule has 1 aromatic carbocycles. The van der Waals surface area contributed by atoms with Gasteiger partial charge in [-0.05, 0) is 25.0 Å². The normalized spacial score (nSPS) is 18.0. The van der Waals surface area contributed by atoms with E-state index in [0.29, 0.717) is 5.56 Å². The van der Waals surface area contributed by atoms with Gasteiger partial charge in [0, 0.05) is 23.7 Å². The lowest BCUT2D eigenvalue weighted by Crippen LogP contribution is -2.31. The van der Waals surface area contributed by atoms with Crippen molar-refractivity contribution < 1.29 is 9.72 Å². The largest absolute Gasteiger partial charge is 0.346 e. The SMILES string of the molecule is O=C(N[C@@H]1C=CCC1)c1ccc([N+](=O)[O-])cc1. The molecule has 88 valence electrons. The molecule has 0 aliphatic heterocycles. The molecule has 0 fully saturated rings. The Morgan fingerprint density at radius 1 is 1.35 bits per heavy atom. The van der Waals surface area contributed by atoms with E-state index in [0.717, 1.165) is 12.8 Å². The maximum absolute atomic E-state index is 11.8. The van der Waals surface area contributed by atoms with Crippen molar-refractivity contribution in [2.75, 3.05) is 0 Å². The Balaban J connectivity index is 2.03.